The van der Waals surface area contributed by atoms with Crippen LogP contribution in [0.2, 0.25) is 0 Å². The van der Waals surface area contributed by atoms with E-state index >= 15 is 0 Å². The summed E-state index contributed by atoms with van der Waals surface area (Å²) in [6.45, 7) is 0.718. The first kappa shape index (κ1) is 16.1. The molecule has 0 aliphatic carbocycles. The molecule has 4 nitrogen and oxygen atoms in total. The van der Waals surface area contributed by atoms with Gasteiger partial charge in [-0.25, -0.2) is 4.79 Å². The molecule has 5 heteroatoms. The molecular formula is C17H16BrN2O2-. The smallest absolute Gasteiger partial charge is 0.337 e. The van der Waals surface area contributed by atoms with E-state index in [4.69, 9.17) is 10.5 Å². The molecule has 0 radical (unpaired) electrons. The van der Waals surface area contributed by atoms with Crippen LogP contribution in [0.1, 0.15) is 21.5 Å². The van der Waals surface area contributed by atoms with Gasteiger partial charge in [0.15, 0.2) is 0 Å². The highest BCUT2D eigenvalue weighted by molar-refractivity contribution is 5.89. The number of anilines is 1. The average molecular weight is 360 g/mol. The minimum Gasteiger partial charge on any atom is -1.00 e. The number of halogens is 1. The van der Waals surface area contributed by atoms with Crippen LogP contribution in [0.5, 0.6) is 0 Å². The summed E-state index contributed by atoms with van der Waals surface area (Å²) in [4.78, 5) is 13.5. The Hall–Kier alpha value is -2.27. The number of methoxy groups -OCH3 is 1. The molecule has 0 atom stereocenters. The number of esters is 1. The van der Waals surface area contributed by atoms with Crippen LogP contribution in [0.25, 0.3) is 6.08 Å². The third kappa shape index (κ3) is 2.99. The fourth-order valence-electron chi connectivity index (χ4n) is 2.45. The van der Waals surface area contributed by atoms with Crippen LogP contribution in [0.15, 0.2) is 54.4 Å². The lowest BCUT2D eigenvalue weighted by Crippen LogP contribution is -3.00. The lowest BCUT2D eigenvalue weighted by atomic mass is 10.0. The van der Waals surface area contributed by atoms with Crippen LogP contribution >= 0.6 is 0 Å². The van der Waals surface area contributed by atoms with Gasteiger partial charge in [-0.2, -0.15) is 0 Å². The van der Waals surface area contributed by atoms with Crippen molar-refractivity contribution in [3.63, 3.8) is 0 Å². The Morgan fingerprint density at radius 2 is 1.82 bits per heavy atom. The minimum absolute atomic E-state index is 0. The van der Waals surface area contributed by atoms with Crippen molar-refractivity contribution >= 4 is 17.7 Å². The second-order valence-electron chi connectivity index (χ2n) is 4.89. The molecule has 1 aliphatic rings. The second-order valence-corrected chi connectivity index (χ2v) is 4.89. The third-order valence-corrected chi connectivity index (χ3v) is 3.60. The molecule has 2 aromatic rings. The third-order valence-electron chi connectivity index (χ3n) is 3.60. The molecule has 0 aromatic heterocycles. The fraction of sp³-hybridized carbons (Fsp3) is 0.118. The van der Waals surface area contributed by atoms with E-state index in [9.17, 15) is 4.79 Å². The van der Waals surface area contributed by atoms with E-state index in [-0.39, 0.29) is 23.0 Å². The largest absolute Gasteiger partial charge is 1.00 e. The Balaban J connectivity index is 0.00000176. The van der Waals surface area contributed by atoms with Gasteiger partial charge in [-0.3, -0.25) is 0 Å². The van der Waals surface area contributed by atoms with Gasteiger partial charge in [0.1, 0.15) is 5.82 Å². The number of hydrogen-bond donors (Lipinski definition) is 1. The van der Waals surface area contributed by atoms with Crippen LogP contribution < -0.4 is 27.6 Å². The normalized spacial score (nSPS) is 12.8. The first-order valence-corrected chi connectivity index (χ1v) is 6.70. The number of carbonyl (C=O) groups excluding carboxylic acids is 1. The first-order chi connectivity index (χ1) is 10.2. The monoisotopic (exact) mass is 359 g/mol. The number of rotatable bonds is 2. The second kappa shape index (κ2) is 6.66. The summed E-state index contributed by atoms with van der Waals surface area (Å²) in [7, 11) is 1.37. The Bertz CT molecular complexity index is 711. The first-order valence-electron chi connectivity index (χ1n) is 6.70. The quantitative estimate of drug-likeness (QED) is 0.751. The van der Waals surface area contributed by atoms with Crippen LogP contribution in [0.3, 0.4) is 0 Å². The number of nitrogens with two attached hydrogens (primary N) is 1. The van der Waals surface area contributed by atoms with Crippen molar-refractivity contribution in [3.05, 3.63) is 71.0 Å². The fourth-order valence-corrected chi connectivity index (χ4v) is 2.45. The van der Waals surface area contributed by atoms with Crippen molar-refractivity contribution < 1.29 is 26.5 Å². The zero-order valence-electron chi connectivity index (χ0n) is 12.1. The van der Waals surface area contributed by atoms with Gasteiger partial charge in [-0.15, -0.1) is 0 Å². The predicted molar refractivity (Wildman–Crippen MR) is 82.6 cm³/mol. The van der Waals surface area contributed by atoms with Gasteiger partial charge in [-0.05, 0) is 41.5 Å². The van der Waals surface area contributed by atoms with Crippen molar-refractivity contribution in [2.24, 2.45) is 5.73 Å². The zero-order valence-corrected chi connectivity index (χ0v) is 13.7. The van der Waals surface area contributed by atoms with E-state index in [1.54, 1.807) is 12.1 Å². The van der Waals surface area contributed by atoms with Crippen molar-refractivity contribution in [2.75, 3.05) is 12.0 Å². The van der Waals surface area contributed by atoms with Gasteiger partial charge in [0.2, 0.25) is 0 Å². The topological polar surface area (TPSA) is 55.6 Å². The summed E-state index contributed by atoms with van der Waals surface area (Å²) in [5.41, 5.74) is 10.0. The lowest BCUT2D eigenvalue weighted by molar-refractivity contribution is -0.0000188. The van der Waals surface area contributed by atoms with Gasteiger partial charge in [0.05, 0.1) is 19.2 Å². The molecule has 0 unspecified atom stereocenters. The number of hydrogen-bond acceptors (Lipinski definition) is 4. The average Bonchev–Trinajstić information content (AvgIpc) is 2.53. The highest BCUT2D eigenvalue weighted by atomic mass is 79.9. The Labute approximate surface area is 140 Å². The summed E-state index contributed by atoms with van der Waals surface area (Å²) >= 11 is 0. The van der Waals surface area contributed by atoms with Gasteiger partial charge in [0.25, 0.3) is 0 Å². The number of nitrogens with zero attached hydrogens (tertiary/aromatic N) is 1. The SMILES string of the molecule is COC(=O)c1ccc(N2Cc3ccccc3C=C2N)cc1.[Br-]. The van der Waals surface area contributed by atoms with Crippen molar-refractivity contribution in [2.45, 2.75) is 6.54 Å². The predicted octanol–water partition coefficient (Wildman–Crippen LogP) is -0.245. The molecule has 114 valence electrons. The number of carbonyl (C=O) groups is 1. The van der Waals surface area contributed by atoms with Crippen LogP contribution in [-0.4, -0.2) is 13.1 Å². The number of fused-ring (bicyclic) bond motifs is 1. The maximum Gasteiger partial charge on any atom is 0.337 e. The molecule has 0 bridgehead atoms. The van der Waals surface area contributed by atoms with Gasteiger partial charge < -0.3 is 32.4 Å². The van der Waals surface area contributed by atoms with Crippen LogP contribution in [0, 0.1) is 0 Å². The molecule has 22 heavy (non-hydrogen) atoms. The standard InChI is InChI=1S/C17H16N2O2.BrH/c1-21-17(20)12-6-8-15(9-7-12)19-11-14-5-3-2-4-13(14)10-16(19)18;/h2-10H,11,18H2,1H3;1H/p-1. The summed E-state index contributed by atoms with van der Waals surface area (Å²) in [5, 5.41) is 0. The van der Waals surface area contributed by atoms with E-state index in [1.165, 1.54) is 12.7 Å². The zero-order chi connectivity index (χ0) is 14.8. The number of ether oxygens (including phenoxy) is 1. The molecule has 0 amide bonds. The molecule has 3 rings (SSSR count). The molecule has 2 aromatic carbocycles. The molecule has 0 saturated heterocycles. The Morgan fingerprint density at radius 3 is 2.50 bits per heavy atom. The van der Waals surface area contributed by atoms with Gasteiger partial charge in [-0.1, -0.05) is 24.3 Å². The summed E-state index contributed by atoms with van der Waals surface area (Å²) in [6, 6.07) is 15.4. The highest BCUT2D eigenvalue weighted by Crippen LogP contribution is 2.27. The van der Waals surface area contributed by atoms with Gasteiger partial charge in [0, 0.05) is 5.69 Å². The molecule has 0 fully saturated rings. The maximum atomic E-state index is 11.5. The molecule has 0 saturated carbocycles. The molecule has 1 heterocycles. The van der Waals surface area contributed by atoms with Crippen molar-refractivity contribution in [1.82, 2.24) is 0 Å². The molecule has 2 N–H and O–H groups in total. The van der Waals surface area contributed by atoms with Crippen molar-refractivity contribution in [1.29, 1.82) is 0 Å². The summed E-state index contributed by atoms with van der Waals surface area (Å²) < 4.78 is 4.70. The van der Waals surface area contributed by atoms with E-state index in [0.717, 1.165) is 17.8 Å². The van der Waals surface area contributed by atoms with Crippen LogP contribution in [0.4, 0.5) is 5.69 Å². The number of benzene rings is 2. The Kier molecular flexibility index (Phi) is 4.88. The maximum absolute atomic E-state index is 11.5. The molecular weight excluding hydrogens is 344 g/mol. The van der Waals surface area contributed by atoms with Crippen molar-refractivity contribution in [3.8, 4) is 0 Å². The minimum atomic E-state index is -0.339. The van der Waals surface area contributed by atoms with E-state index in [0.29, 0.717) is 11.4 Å². The van der Waals surface area contributed by atoms with Gasteiger partial charge >= 0.3 is 5.97 Å². The lowest BCUT2D eigenvalue weighted by Gasteiger charge is -2.29. The van der Waals surface area contributed by atoms with E-state index in [1.807, 2.05) is 35.2 Å². The molecule has 1 aliphatic heterocycles. The van der Waals surface area contributed by atoms with E-state index < -0.39 is 0 Å². The summed E-state index contributed by atoms with van der Waals surface area (Å²) in [5.74, 6) is 0.355. The highest BCUT2D eigenvalue weighted by Gasteiger charge is 2.17. The van der Waals surface area contributed by atoms with E-state index in [2.05, 4.69) is 12.1 Å². The Morgan fingerprint density at radius 1 is 1.14 bits per heavy atom. The van der Waals surface area contributed by atoms with Crippen LogP contribution in [-0.2, 0) is 11.3 Å². The molecule has 0 spiro atoms. The summed E-state index contributed by atoms with van der Waals surface area (Å²) in [6.07, 6.45) is 1.97.